The van der Waals surface area contributed by atoms with Crippen LogP contribution in [0.25, 0.3) is 10.9 Å². The van der Waals surface area contributed by atoms with Crippen LogP contribution in [-0.2, 0) is 0 Å². The van der Waals surface area contributed by atoms with Crippen molar-refractivity contribution in [2.45, 2.75) is 26.7 Å². The third-order valence-corrected chi connectivity index (χ3v) is 3.37. The van der Waals surface area contributed by atoms with E-state index < -0.39 is 0 Å². The zero-order valence-corrected chi connectivity index (χ0v) is 12.8. The topological polar surface area (TPSA) is 61.3 Å². The Morgan fingerprint density at radius 3 is 2.67 bits per heavy atom. The molecular weight excluding hydrogens is 264 g/mol. The Bertz CT molecular complexity index is 573. The molecule has 1 aromatic heterocycles. The highest BCUT2D eigenvalue weighted by Crippen LogP contribution is 2.25. The summed E-state index contributed by atoms with van der Waals surface area (Å²) in [4.78, 5) is 11.3. The molecule has 1 aromatic carbocycles. The fourth-order valence-electron chi connectivity index (χ4n) is 2.33. The Kier molecular flexibility index (Phi) is 5.75. The molecule has 21 heavy (non-hydrogen) atoms. The second kappa shape index (κ2) is 7.78. The maximum Gasteiger partial charge on any atom is 0.225 e. The van der Waals surface area contributed by atoms with Gasteiger partial charge >= 0.3 is 0 Å². The highest BCUT2D eigenvalue weighted by molar-refractivity contribution is 5.90. The molecule has 5 nitrogen and oxygen atoms in total. The van der Waals surface area contributed by atoms with Crippen LogP contribution >= 0.6 is 0 Å². The zero-order valence-electron chi connectivity index (χ0n) is 12.8. The molecule has 5 heteroatoms. The van der Waals surface area contributed by atoms with E-state index in [2.05, 4.69) is 27.1 Å². The summed E-state index contributed by atoms with van der Waals surface area (Å²) < 4.78 is 0. The van der Waals surface area contributed by atoms with Crippen molar-refractivity contribution in [3.8, 4) is 0 Å². The van der Waals surface area contributed by atoms with E-state index in [9.17, 15) is 5.11 Å². The van der Waals surface area contributed by atoms with Gasteiger partial charge in [0, 0.05) is 25.0 Å². The molecule has 0 amide bonds. The molecule has 2 aromatic rings. The van der Waals surface area contributed by atoms with Gasteiger partial charge in [-0.3, -0.25) is 0 Å². The highest BCUT2D eigenvalue weighted by atomic mass is 16.3. The van der Waals surface area contributed by atoms with Crippen molar-refractivity contribution < 1.29 is 5.11 Å². The highest BCUT2D eigenvalue weighted by Gasteiger charge is 2.13. The van der Waals surface area contributed by atoms with E-state index in [0.717, 1.165) is 42.7 Å². The molecule has 0 atom stereocenters. The lowest BCUT2D eigenvalue weighted by Crippen LogP contribution is -2.29. The van der Waals surface area contributed by atoms with E-state index in [1.54, 1.807) is 0 Å². The minimum absolute atomic E-state index is 0.124. The normalized spacial score (nSPS) is 10.8. The van der Waals surface area contributed by atoms with Crippen LogP contribution in [0.15, 0.2) is 24.3 Å². The maximum absolute atomic E-state index is 9.34. The number of unbranched alkanes of at least 4 members (excludes halogenated alkanes) is 1. The third kappa shape index (κ3) is 3.82. The van der Waals surface area contributed by atoms with E-state index >= 15 is 0 Å². The summed E-state index contributed by atoms with van der Waals surface area (Å²) >= 11 is 0. The molecule has 0 saturated heterocycles. The standard InChI is InChI=1S/C16H24N4O/c1-3-5-10-20(11-12-21)15-13-8-6-7-9-14(13)18-16(19-15)17-4-2/h6-9,21H,3-5,10-12H2,1-2H3,(H,17,18,19). The first-order chi connectivity index (χ1) is 10.3. The van der Waals surface area contributed by atoms with Crippen molar-refractivity contribution in [2.75, 3.05) is 36.5 Å². The Hall–Kier alpha value is -1.88. The summed E-state index contributed by atoms with van der Waals surface area (Å²) in [5, 5.41) is 13.6. The fourth-order valence-corrected chi connectivity index (χ4v) is 2.33. The van der Waals surface area contributed by atoms with Gasteiger partial charge in [-0.1, -0.05) is 25.5 Å². The van der Waals surface area contributed by atoms with Crippen LogP contribution in [0, 0.1) is 0 Å². The van der Waals surface area contributed by atoms with Crippen molar-refractivity contribution in [3.05, 3.63) is 24.3 Å². The SMILES string of the molecule is CCCCN(CCO)c1nc(NCC)nc2ccccc12. The van der Waals surface area contributed by atoms with Gasteiger partial charge in [0.15, 0.2) is 0 Å². The molecular formula is C16H24N4O. The van der Waals surface area contributed by atoms with Crippen LogP contribution in [0.2, 0.25) is 0 Å². The number of hydrogen-bond acceptors (Lipinski definition) is 5. The number of fused-ring (bicyclic) bond motifs is 1. The second-order valence-electron chi connectivity index (χ2n) is 4.98. The number of hydrogen-bond donors (Lipinski definition) is 2. The van der Waals surface area contributed by atoms with Crippen LogP contribution in [0.4, 0.5) is 11.8 Å². The second-order valence-corrected chi connectivity index (χ2v) is 4.98. The molecule has 2 rings (SSSR count). The summed E-state index contributed by atoms with van der Waals surface area (Å²) in [6, 6.07) is 8.02. The Morgan fingerprint density at radius 2 is 1.95 bits per heavy atom. The van der Waals surface area contributed by atoms with Gasteiger partial charge in [0.05, 0.1) is 12.1 Å². The minimum Gasteiger partial charge on any atom is -0.395 e. The molecule has 114 valence electrons. The fraction of sp³-hybridized carbons (Fsp3) is 0.500. The van der Waals surface area contributed by atoms with Crippen LogP contribution in [0.1, 0.15) is 26.7 Å². The van der Waals surface area contributed by atoms with Crippen molar-refractivity contribution in [3.63, 3.8) is 0 Å². The summed E-state index contributed by atoms with van der Waals surface area (Å²) in [5.74, 6) is 1.55. The molecule has 0 aliphatic rings. The number of aliphatic hydroxyl groups is 1. The van der Waals surface area contributed by atoms with Crippen LogP contribution in [0.5, 0.6) is 0 Å². The average Bonchev–Trinajstić information content (AvgIpc) is 2.51. The van der Waals surface area contributed by atoms with Gasteiger partial charge < -0.3 is 15.3 Å². The monoisotopic (exact) mass is 288 g/mol. The summed E-state index contributed by atoms with van der Waals surface area (Å²) in [5.41, 5.74) is 0.929. The lowest BCUT2D eigenvalue weighted by molar-refractivity contribution is 0.301. The minimum atomic E-state index is 0.124. The smallest absolute Gasteiger partial charge is 0.225 e. The van der Waals surface area contributed by atoms with Crippen LogP contribution in [0.3, 0.4) is 0 Å². The lowest BCUT2D eigenvalue weighted by atomic mass is 10.2. The number of aliphatic hydroxyl groups excluding tert-OH is 1. The summed E-state index contributed by atoms with van der Waals surface area (Å²) in [6.07, 6.45) is 2.19. The Balaban J connectivity index is 2.46. The van der Waals surface area contributed by atoms with Crippen LogP contribution in [-0.4, -0.2) is 41.3 Å². The predicted molar refractivity (Wildman–Crippen MR) is 87.9 cm³/mol. The van der Waals surface area contributed by atoms with Crippen molar-refractivity contribution in [1.82, 2.24) is 9.97 Å². The van der Waals surface area contributed by atoms with E-state index in [1.165, 1.54) is 0 Å². The van der Waals surface area contributed by atoms with Gasteiger partial charge in [-0.25, -0.2) is 4.98 Å². The van der Waals surface area contributed by atoms with E-state index in [1.807, 2.05) is 31.2 Å². The van der Waals surface area contributed by atoms with Crippen LogP contribution < -0.4 is 10.2 Å². The van der Waals surface area contributed by atoms with Gasteiger partial charge in [-0.05, 0) is 25.5 Å². The van der Waals surface area contributed by atoms with Gasteiger partial charge in [0.1, 0.15) is 5.82 Å². The van der Waals surface area contributed by atoms with Gasteiger partial charge in [-0.15, -0.1) is 0 Å². The number of benzene rings is 1. The number of aromatic nitrogens is 2. The van der Waals surface area contributed by atoms with Crippen molar-refractivity contribution in [2.24, 2.45) is 0 Å². The molecule has 0 aliphatic carbocycles. The number of para-hydroxylation sites is 1. The van der Waals surface area contributed by atoms with Gasteiger partial charge in [0.2, 0.25) is 5.95 Å². The summed E-state index contributed by atoms with van der Waals surface area (Å²) in [7, 11) is 0. The summed E-state index contributed by atoms with van der Waals surface area (Å²) in [6.45, 7) is 6.58. The van der Waals surface area contributed by atoms with Crippen molar-refractivity contribution >= 4 is 22.7 Å². The molecule has 0 radical (unpaired) electrons. The number of anilines is 2. The van der Waals surface area contributed by atoms with E-state index in [4.69, 9.17) is 0 Å². The Labute approximate surface area is 126 Å². The van der Waals surface area contributed by atoms with Crippen molar-refractivity contribution in [1.29, 1.82) is 0 Å². The molecule has 2 N–H and O–H groups in total. The van der Waals surface area contributed by atoms with E-state index in [-0.39, 0.29) is 6.61 Å². The lowest BCUT2D eigenvalue weighted by Gasteiger charge is -2.24. The number of nitrogens with one attached hydrogen (secondary N) is 1. The van der Waals surface area contributed by atoms with E-state index in [0.29, 0.717) is 12.5 Å². The van der Waals surface area contributed by atoms with Gasteiger partial charge in [-0.2, -0.15) is 4.98 Å². The third-order valence-electron chi connectivity index (χ3n) is 3.37. The molecule has 0 unspecified atom stereocenters. The predicted octanol–water partition coefficient (Wildman–Crippen LogP) is 2.66. The molecule has 0 saturated carbocycles. The molecule has 1 heterocycles. The molecule has 0 aliphatic heterocycles. The quantitative estimate of drug-likeness (QED) is 0.782. The maximum atomic E-state index is 9.34. The molecule has 0 spiro atoms. The Morgan fingerprint density at radius 1 is 1.14 bits per heavy atom. The molecule has 0 fully saturated rings. The molecule has 0 bridgehead atoms. The zero-order chi connectivity index (χ0) is 15.1. The number of rotatable bonds is 8. The largest absolute Gasteiger partial charge is 0.395 e. The average molecular weight is 288 g/mol. The first-order valence-electron chi connectivity index (χ1n) is 7.66. The number of nitrogens with zero attached hydrogens (tertiary/aromatic N) is 3. The van der Waals surface area contributed by atoms with Gasteiger partial charge in [0.25, 0.3) is 0 Å². The first kappa shape index (κ1) is 15.5. The first-order valence-corrected chi connectivity index (χ1v) is 7.66.